The molecule has 0 radical (unpaired) electrons. The van der Waals surface area contributed by atoms with E-state index in [1.807, 2.05) is 60.7 Å². The third-order valence-electron chi connectivity index (χ3n) is 2.24. The van der Waals surface area contributed by atoms with Gasteiger partial charge in [0, 0.05) is 14.5 Å². The minimum atomic E-state index is 1.07. The summed E-state index contributed by atoms with van der Waals surface area (Å²) in [6.45, 7) is 3.68. The van der Waals surface area contributed by atoms with E-state index in [0.717, 1.165) is 20.1 Å². The van der Waals surface area contributed by atoms with E-state index in [-0.39, 0.29) is 0 Å². The van der Waals surface area contributed by atoms with Crippen molar-refractivity contribution in [1.82, 2.24) is 0 Å². The van der Waals surface area contributed by atoms with Gasteiger partial charge < -0.3 is 0 Å². The first-order chi connectivity index (χ1) is 9.17. The maximum atomic E-state index is 5.36. The Morgan fingerprint density at radius 1 is 1.00 bits per heavy atom. The van der Waals surface area contributed by atoms with Gasteiger partial charge in [-0.1, -0.05) is 92.5 Å². The second-order valence-corrected chi connectivity index (χ2v) is 5.60. The predicted molar refractivity (Wildman–Crippen MR) is 93.3 cm³/mol. The highest BCUT2D eigenvalue weighted by Gasteiger charge is 1.94. The van der Waals surface area contributed by atoms with Crippen LogP contribution in [-0.4, -0.2) is 0 Å². The smallest absolute Gasteiger partial charge is 0.0258 e. The standard InChI is InChI=1S/C8H6Br2.C8H7Cl/c1-2-6-3-4-7(9)5-8(6)10;9-7-6-8-4-2-1-3-5-8/h2-5H,1H2;1-7H. The van der Waals surface area contributed by atoms with Crippen LogP contribution in [0.15, 0.2) is 69.6 Å². The number of hydrogen-bond acceptors (Lipinski definition) is 0. The molecule has 98 valence electrons. The zero-order chi connectivity index (χ0) is 14.1. The predicted octanol–water partition coefficient (Wildman–Crippen LogP) is 6.75. The number of halogens is 3. The van der Waals surface area contributed by atoms with Crippen molar-refractivity contribution < 1.29 is 0 Å². The van der Waals surface area contributed by atoms with Crippen molar-refractivity contribution in [3.63, 3.8) is 0 Å². The van der Waals surface area contributed by atoms with Crippen molar-refractivity contribution in [2.75, 3.05) is 0 Å². The van der Waals surface area contributed by atoms with Gasteiger partial charge in [0.15, 0.2) is 0 Å². The summed E-state index contributed by atoms with van der Waals surface area (Å²) in [5.41, 5.74) is 3.76. The fraction of sp³-hybridized carbons (Fsp3) is 0. The molecule has 0 atom stereocenters. The summed E-state index contributed by atoms with van der Waals surface area (Å²) in [7, 11) is 0. The lowest BCUT2D eigenvalue weighted by Gasteiger charge is -1.96. The summed E-state index contributed by atoms with van der Waals surface area (Å²) in [6, 6.07) is 15.9. The van der Waals surface area contributed by atoms with Gasteiger partial charge in [-0.25, -0.2) is 0 Å². The van der Waals surface area contributed by atoms with E-state index in [9.17, 15) is 0 Å². The molecule has 0 nitrogen and oxygen atoms in total. The number of benzene rings is 2. The molecule has 0 unspecified atom stereocenters. The van der Waals surface area contributed by atoms with Crippen LogP contribution < -0.4 is 0 Å². The first-order valence-corrected chi connectivity index (χ1v) is 7.59. The minimum Gasteiger partial charge on any atom is -0.0984 e. The molecule has 2 rings (SSSR count). The van der Waals surface area contributed by atoms with Crippen LogP contribution in [0.25, 0.3) is 12.2 Å². The van der Waals surface area contributed by atoms with Gasteiger partial charge in [-0.05, 0) is 29.3 Å². The Balaban J connectivity index is 0.000000191. The minimum absolute atomic E-state index is 1.07. The highest BCUT2D eigenvalue weighted by molar-refractivity contribution is 9.11. The molecule has 0 aliphatic heterocycles. The van der Waals surface area contributed by atoms with Gasteiger partial charge in [0.05, 0.1) is 0 Å². The Morgan fingerprint density at radius 2 is 1.68 bits per heavy atom. The number of hydrogen-bond donors (Lipinski definition) is 0. The fourth-order valence-corrected chi connectivity index (χ4v) is 2.66. The summed E-state index contributed by atoms with van der Waals surface area (Å²) in [4.78, 5) is 0. The second kappa shape index (κ2) is 9.13. The summed E-state index contributed by atoms with van der Waals surface area (Å²) in [6.07, 6.45) is 3.66. The Bertz CT molecular complexity index is 548. The van der Waals surface area contributed by atoms with E-state index in [0.29, 0.717) is 0 Å². The normalized spacial score (nSPS) is 9.84. The van der Waals surface area contributed by atoms with E-state index in [1.54, 1.807) is 0 Å². The Hall–Kier alpha value is -0.830. The molecule has 2 aromatic rings. The molecular formula is C16H13Br2Cl. The van der Waals surface area contributed by atoms with E-state index in [2.05, 4.69) is 38.4 Å². The van der Waals surface area contributed by atoms with Gasteiger partial charge in [0.1, 0.15) is 0 Å². The SMILES string of the molecule is C=Cc1ccc(Br)cc1Br.ClC=Cc1ccccc1. The topological polar surface area (TPSA) is 0 Å². The molecule has 0 amide bonds. The molecule has 0 N–H and O–H groups in total. The largest absolute Gasteiger partial charge is 0.0984 e. The van der Waals surface area contributed by atoms with Gasteiger partial charge in [-0.3, -0.25) is 0 Å². The zero-order valence-corrected chi connectivity index (χ0v) is 14.1. The first-order valence-electron chi connectivity index (χ1n) is 5.56. The van der Waals surface area contributed by atoms with E-state index in [1.165, 1.54) is 5.54 Å². The highest BCUT2D eigenvalue weighted by atomic mass is 79.9. The quantitative estimate of drug-likeness (QED) is 0.523. The summed E-state index contributed by atoms with van der Waals surface area (Å²) >= 11 is 12.1. The van der Waals surface area contributed by atoms with Crippen LogP contribution >= 0.6 is 43.5 Å². The van der Waals surface area contributed by atoms with Crippen LogP contribution in [0.3, 0.4) is 0 Å². The molecule has 0 aliphatic rings. The second-order valence-electron chi connectivity index (χ2n) is 3.57. The molecule has 19 heavy (non-hydrogen) atoms. The molecule has 0 aliphatic carbocycles. The number of rotatable bonds is 2. The Kier molecular flexibility index (Phi) is 7.80. The lowest BCUT2D eigenvalue weighted by molar-refractivity contribution is 1.56. The van der Waals surface area contributed by atoms with Crippen molar-refractivity contribution in [3.8, 4) is 0 Å². The summed E-state index contributed by atoms with van der Waals surface area (Å²) < 4.78 is 2.14. The van der Waals surface area contributed by atoms with Crippen LogP contribution in [0, 0.1) is 0 Å². The lowest BCUT2D eigenvalue weighted by Crippen LogP contribution is -1.73. The molecule has 3 heteroatoms. The van der Waals surface area contributed by atoms with Crippen molar-refractivity contribution in [1.29, 1.82) is 0 Å². The molecule has 0 saturated carbocycles. The van der Waals surface area contributed by atoms with Crippen LogP contribution in [0.1, 0.15) is 11.1 Å². The molecule has 0 aromatic heterocycles. The lowest BCUT2D eigenvalue weighted by atomic mass is 10.2. The molecular weight excluding hydrogens is 387 g/mol. The van der Waals surface area contributed by atoms with Crippen LogP contribution in [0.4, 0.5) is 0 Å². The first kappa shape index (κ1) is 16.2. The van der Waals surface area contributed by atoms with Gasteiger partial charge in [0.2, 0.25) is 0 Å². The van der Waals surface area contributed by atoms with Crippen molar-refractivity contribution in [2.24, 2.45) is 0 Å². The van der Waals surface area contributed by atoms with Gasteiger partial charge in [0.25, 0.3) is 0 Å². The van der Waals surface area contributed by atoms with Gasteiger partial charge >= 0.3 is 0 Å². The zero-order valence-electron chi connectivity index (χ0n) is 10.2. The van der Waals surface area contributed by atoms with Gasteiger partial charge in [-0.2, -0.15) is 0 Å². The average Bonchev–Trinajstić information content (AvgIpc) is 2.41. The third kappa shape index (κ3) is 6.24. The molecule has 0 heterocycles. The van der Waals surface area contributed by atoms with Crippen LogP contribution in [-0.2, 0) is 0 Å². The van der Waals surface area contributed by atoms with Crippen molar-refractivity contribution in [3.05, 3.63) is 80.7 Å². The fourth-order valence-electron chi connectivity index (χ4n) is 1.30. The third-order valence-corrected chi connectivity index (χ3v) is 3.54. The van der Waals surface area contributed by atoms with Crippen LogP contribution in [0.2, 0.25) is 0 Å². The monoisotopic (exact) mass is 398 g/mol. The van der Waals surface area contributed by atoms with E-state index in [4.69, 9.17) is 11.6 Å². The van der Waals surface area contributed by atoms with E-state index >= 15 is 0 Å². The van der Waals surface area contributed by atoms with Crippen molar-refractivity contribution in [2.45, 2.75) is 0 Å². The molecule has 0 spiro atoms. The highest BCUT2D eigenvalue weighted by Crippen LogP contribution is 2.22. The Morgan fingerprint density at radius 3 is 2.21 bits per heavy atom. The van der Waals surface area contributed by atoms with Crippen LogP contribution in [0.5, 0.6) is 0 Å². The van der Waals surface area contributed by atoms with Gasteiger partial charge in [-0.15, -0.1) is 0 Å². The average molecular weight is 401 g/mol. The maximum absolute atomic E-state index is 5.36. The molecule has 0 bridgehead atoms. The molecule has 0 fully saturated rings. The molecule has 2 aromatic carbocycles. The maximum Gasteiger partial charge on any atom is 0.0258 e. The Labute approximate surface area is 136 Å². The van der Waals surface area contributed by atoms with E-state index < -0.39 is 0 Å². The molecule has 0 saturated heterocycles. The summed E-state index contributed by atoms with van der Waals surface area (Å²) in [5, 5.41) is 0. The summed E-state index contributed by atoms with van der Waals surface area (Å²) in [5.74, 6) is 0. The van der Waals surface area contributed by atoms with Crippen molar-refractivity contribution >= 4 is 55.6 Å².